The summed E-state index contributed by atoms with van der Waals surface area (Å²) in [6.07, 6.45) is 1.55. The molecule has 182 valence electrons. The molecule has 2 amide bonds. The Bertz CT molecular complexity index is 1290. The molecule has 4 heterocycles. The lowest BCUT2D eigenvalue weighted by Gasteiger charge is -2.20. The molecule has 1 saturated heterocycles. The second kappa shape index (κ2) is 8.82. The van der Waals surface area contributed by atoms with Gasteiger partial charge < -0.3 is 30.4 Å². The second-order valence-corrected chi connectivity index (χ2v) is 8.72. The summed E-state index contributed by atoms with van der Waals surface area (Å²) in [6.45, 7) is 1.41. The fourth-order valence-electron chi connectivity index (χ4n) is 4.16. The number of halogens is 3. The SMILES string of the molecule is O=C(Nc1ccc(OC(F)(F)Cl)cc1)c1cnc(N2CC[C@@H](O)C2)c(-c2cc3c([nH]2)C(=O)NC3)c1. The van der Waals surface area contributed by atoms with E-state index in [4.69, 9.17) is 11.6 Å². The number of nitrogens with zero attached hydrogens (tertiary/aromatic N) is 2. The smallest absolute Gasteiger partial charge is 0.420 e. The van der Waals surface area contributed by atoms with Gasteiger partial charge >= 0.3 is 5.57 Å². The molecule has 2 aliphatic rings. The summed E-state index contributed by atoms with van der Waals surface area (Å²) in [6, 6.07) is 8.81. The van der Waals surface area contributed by atoms with Crippen molar-refractivity contribution in [2.24, 2.45) is 0 Å². The van der Waals surface area contributed by atoms with E-state index < -0.39 is 17.6 Å². The van der Waals surface area contributed by atoms with Crippen LogP contribution in [0.2, 0.25) is 0 Å². The van der Waals surface area contributed by atoms with Crippen molar-refractivity contribution in [2.45, 2.75) is 24.6 Å². The summed E-state index contributed by atoms with van der Waals surface area (Å²) in [7, 11) is 0. The zero-order chi connectivity index (χ0) is 24.7. The van der Waals surface area contributed by atoms with Crippen molar-refractivity contribution in [3.63, 3.8) is 0 Å². The molecule has 0 radical (unpaired) electrons. The first-order chi connectivity index (χ1) is 16.7. The molecule has 4 N–H and O–H groups in total. The molecule has 2 aromatic heterocycles. The van der Waals surface area contributed by atoms with Crippen LogP contribution in [0.5, 0.6) is 5.75 Å². The maximum atomic E-state index is 12.9. The quantitative estimate of drug-likeness (QED) is 0.383. The van der Waals surface area contributed by atoms with Crippen molar-refractivity contribution in [1.29, 1.82) is 0 Å². The standard InChI is InChI=1S/C23H20ClF2N5O4/c24-23(25,26)35-16-3-1-14(2-4-16)29-21(33)13-7-17(18-8-12-9-28-22(34)19(12)30-18)20(27-10-13)31-6-5-15(32)11-31/h1-4,7-8,10,15,30,32H,5-6,9,11H2,(H,28,34)(H,29,33)/t15-/m1/s1. The van der Waals surface area contributed by atoms with Crippen molar-refractivity contribution in [2.75, 3.05) is 23.3 Å². The van der Waals surface area contributed by atoms with Crippen LogP contribution >= 0.6 is 11.6 Å². The summed E-state index contributed by atoms with van der Waals surface area (Å²) in [5.41, 5.74) is -0.712. The number of pyridine rings is 1. The van der Waals surface area contributed by atoms with Crippen molar-refractivity contribution >= 4 is 34.9 Å². The highest BCUT2D eigenvalue weighted by molar-refractivity contribution is 6.20. The van der Waals surface area contributed by atoms with Gasteiger partial charge in [0.2, 0.25) is 0 Å². The van der Waals surface area contributed by atoms with Crippen LogP contribution in [0.1, 0.15) is 32.8 Å². The Hall–Kier alpha value is -3.70. The number of H-pyrrole nitrogens is 1. The molecule has 0 unspecified atom stereocenters. The number of aromatic nitrogens is 2. The van der Waals surface area contributed by atoms with Gasteiger partial charge in [-0.05, 0) is 42.8 Å². The topological polar surface area (TPSA) is 120 Å². The predicted octanol–water partition coefficient (Wildman–Crippen LogP) is 3.31. The molecule has 1 atom stereocenters. The van der Waals surface area contributed by atoms with E-state index in [1.54, 1.807) is 6.07 Å². The number of carbonyl (C=O) groups is 2. The number of fused-ring (bicyclic) bond motifs is 1. The van der Waals surface area contributed by atoms with Gasteiger partial charge in [0.1, 0.15) is 17.3 Å². The van der Waals surface area contributed by atoms with Crippen LogP contribution in [0.3, 0.4) is 0 Å². The molecule has 35 heavy (non-hydrogen) atoms. The highest BCUT2D eigenvalue weighted by atomic mass is 35.5. The number of anilines is 2. The first-order valence-corrected chi connectivity index (χ1v) is 11.1. The molecule has 0 spiro atoms. The van der Waals surface area contributed by atoms with E-state index >= 15 is 0 Å². The van der Waals surface area contributed by atoms with Crippen LogP contribution in [0, 0.1) is 0 Å². The van der Waals surface area contributed by atoms with Crippen molar-refractivity contribution in [3.05, 3.63) is 59.4 Å². The molecule has 3 aromatic rings. The number of ether oxygens (including phenoxy) is 1. The van der Waals surface area contributed by atoms with Gasteiger partial charge in [-0.3, -0.25) is 9.59 Å². The molecular formula is C23H20ClF2N5O4. The maximum absolute atomic E-state index is 12.9. The summed E-state index contributed by atoms with van der Waals surface area (Å²) < 4.78 is 29.8. The molecule has 5 rings (SSSR count). The third-order valence-electron chi connectivity index (χ3n) is 5.79. The summed E-state index contributed by atoms with van der Waals surface area (Å²) in [4.78, 5) is 34.5. The van der Waals surface area contributed by atoms with Crippen LogP contribution in [-0.4, -0.2) is 51.7 Å². The number of aliphatic hydroxyl groups is 1. The number of aliphatic hydroxyl groups excluding tert-OH is 1. The molecule has 0 aliphatic carbocycles. The lowest BCUT2D eigenvalue weighted by molar-refractivity contribution is -0.0964. The van der Waals surface area contributed by atoms with E-state index in [1.165, 1.54) is 30.5 Å². The maximum Gasteiger partial charge on any atom is 0.487 e. The Labute approximate surface area is 203 Å². The third kappa shape index (κ3) is 4.91. The zero-order valence-electron chi connectivity index (χ0n) is 18.1. The van der Waals surface area contributed by atoms with E-state index in [-0.39, 0.29) is 17.2 Å². The van der Waals surface area contributed by atoms with Gasteiger partial charge in [0, 0.05) is 54.2 Å². The minimum atomic E-state index is -3.83. The van der Waals surface area contributed by atoms with Crippen molar-refractivity contribution in [3.8, 4) is 17.0 Å². The van der Waals surface area contributed by atoms with Gasteiger partial charge in [-0.15, -0.1) is 8.78 Å². The van der Waals surface area contributed by atoms with Crippen LogP contribution in [0.25, 0.3) is 11.3 Å². The Morgan fingerprint density at radius 3 is 2.71 bits per heavy atom. The number of β-amino-alcohol motifs (C(OH)–C–C–N with tert-alkyl or cyclic N) is 1. The Balaban J connectivity index is 1.42. The van der Waals surface area contributed by atoms with E-state index in [2.05, 4.69) is 25.3 Å². The number of amides is 2. The number of carbonyl (C=O) groups excluding carboxylic acids is 2. The summed E-state index contributed by atoms with van der Waals surface area (Å²) >= 11 is 4.76. The number of alkyl halides is 3. The van der Waals surface area contributed by atoms with Crippen LogP contribution in [-0.2, 0) is 6.54 Å². The van der Waals surface area contributed by atoms with E-state index in [9.17, 15) is 23.5 Å². The third-order valence-corrected chi connectivity index (χ3v) is 5.87. The normalized spacial score (nSPS) is 17.3. The van der Waals surface area contributed by atoms with Crippen LogP contribution < -0.4 is 20.3 Å². The number of aromatic amines is 1. The molecular weight excluding hydrogens is 484 g/mol. The number of benzene rings is 1. The largest absolute Gasteiger partial charge is 0.487 e. The van der Waals surface area contributed by atoms with Gasteiger partial charge in [0.15, 0.2) is 0 Å². The van der Waals surface area contributed by atoms with Crippen molar-refractivity contribution < 1.29 is 28.2 Å². The van der Waals surface area contributed by atoms with E-state index in [0.29, 0.717) is 54.5 Å². The predicted molar refractivity (Wildman–Crippen MR) is 124 cm³/mol. The average molecular weight is 504 g/mol. The number of hydrogen-bond donors (Lipinski definition) is 4. The Morgan fingerprint density at radius 2 is 2.06 bits per heavy atom. The summed E-state index contributed by atoms with van der Waals surface area (Å²) in [5.74, 6) is -0.250. The van der Waals surface area contributed by atoms with Crippen LogP contribution in [0.15, 0.2) is 42.6 Å². The fraction of sp³-hybridized carbons (Fsp3) is 0.261. The Morgan fingerprint density at radius 1 is 1.29 bits per heavy atom. The fourth-order valence-corrected chi connectivity index (χ4v) is 4.25. The lowest BCUT2D eigenvalue weighted by atomic mass is 10.1. The molecule has 0 saturated carbocycles. The minimum Gasteiger partial charge on any atom is -0.420 e. The molecule has 1 aromatic carbocycles. The first kappa shape index (κ1) is 23.1. The average Bonchev–Trinajstić information content (AvgIpc) is 3.51. The van der Waals surface area contributed by atoms with E-state index in [0.717, 1.165) is 5.56 Å². The highest BCUT2D eigenvalue weighted by Gasteiger charge is 2.29. The number of nitrogens with one attached hydrogen (secondary N) is 3. The molecule has 0 bridgehead atoms. The van der Waals surface area contributed by atoms with Gasteiger partial charge in [-0.1, -0.05) is 0 Å². The lowest BCUT2D eigenvalue weighted by Crippen LogP contribution is -2.23. The number of rotatable bonds is 6. The zero-order valence-corrected chi connectivity index (χ0v) is 18.9. The molecule has 9 nitrogen and oxygen atoms in total. The molecule has 12 heteroatoms. The van der Waals surface area contributed by atoms with E-state index in [1.807, 2.05) is 11.0 Å². The van der Waals surface area contributed by atoms with Crippen LogP contribution in [0.4, 0.5) is 20.3 Å². The van der Waals surface area contributed by atoms with Gasteiger partial charge in [-0.2, -0.15) is 0 Å². The van der Waals surface area contributed by atoms with Gasteiger partial charge in [-0.25, -0.2) is 4.98 Å². The highest BCUT2D eigenvalue weighted by Crippen LogP contribution is 2.34. The number of hydrogen-bond acceptors (Lipinski definition) is 6. The van der Waals surface area contributed by atoms with Crippen molar-refractivity contribution in [1.82, 2.24) is 15.3 Å². The minimum absolute atomic E-state index is 0.159. The second-order valence-electron chi connectivity index (χ2n) is 8.28. The molecule has 1 fully saturated rings. The first-order valence-electron chi connectivity index (χ1n) is 10.8. The van der Waals surface area contributed by atoms with Gasteiger partial charge in [0.25, 0.3) is 11.8 Å². The monoisotopic (exact) mass is 503 g/mol. The van der Waals surface area contributed by atoms with Gasteiger partial charge in [0.05, 0.1) is 17.4 Å². The molecule has 2 aliphatic heterocycles. The summed E-state index contributed by atoms with van der Waals surface area (Å²) in [5, 5.41) is 15.4. The Kier molecular flexibility index (Phi) is 5.81.